The summed E-state index contributed by atoms with van der Waals surface area (Å²) >= 11 is 5.12. The monoisotopic (exact) mass is 654 g/mol. The first-order chi connectivity index (χ1) is 20.9. The van der Waals surface area contributed by atoms with Gasteiger partial charge in [-0.1, -0.05) is 5.92 Å². The van der Waals surface area contributed by atoms with Crippen molar-refractivity contribution in [2.24, 2.45) is 0 Å². The van der Waals surface area contributed by atoms with Gasteiger partial charge in [0.25, 0.3) is 5.56 Å². The molecule has 0 bridgehead atoms. The second-order valence-electron chi connectivity index (χ2n) is 9.84. The Morgan fingerprint density at radius 3 is 2.59 bits per heavy atom. The lowest BCUT2D eigenvalue weighted by molar-refractivity contribution is -0.0908. The van der Waals surface area contributed by atoms with Crippen LogP contribution in [0.4, 0.5) is 16.2 Å². The van der Waals surface area contributed by atoms with Crippen molar-refractivity contribution < 1.29 is 43.1 Å². The smallest absolute Gasteiger partial charge is 0.325 e. The number of nitrogen functional groups attached to an aromatic ring is 2. The normalized spacial score (nSPS) is 31.9. The number of nitrogens with two attached hydrogens (primary N) is 2. The van der Waals surface area contributed by atoms with Gasteiger partial charge in [0.1, 0.15) is 36.3 Å². The number of aliphatic hydroxyl groups excluding tert-OH is 3. The highest BCUT2D eigenvalue weighted by molar-refractivity contribution is 8.07. The van der Waals surface area contributed by atoms with Crippen molar-refractivity contribution in [2.45, 2.75) is 48.6 Å². The molecular formula is C22H24FN10O9PS. The number of ether oxygens (including phenoxy) is 2. The number of halogens is 1. The van der Waals surface area contributed by atoms with Crippen LogP contribution in [0.3, 0.4) is 0 Å². The highest BCUT2D eigenvalue weighted by Crippen LogP contribution is 2.52. The number of hydrogen-bond acceptors (Lipinski definition) is 16. The first-order valence-electron chi connectivity index (χ1n) is 12.6. The molecule has 0 aliphatic carbocycles. The molecule has 44 heavy (non-hydrogen) atoms. The Kier molecular flexibility index (Phi) is 7.61. The molecule has 6 heterocycles. The van der Waals surface area contributed by atoms with E-state index in [1.54, 1.807) is 0 Å². The molecule has 2 fully saturated rings. The van der Waals surface area contributed by atoms with Crippen molar-refractivity contribution in [1.29, 1.82) is 0 Å². The number of aromatic amines is 1. The Morgan fingerprint density at radius 2 is 1.89 bits per heavy atom. The van der Waals surface area contributed by atoms with E-state index in [0.29, 0.717) is 0 Å². The van der Waals surface area contributed by atoms with Crippen molar-refractivity contribution in [2.75, 3.05) is 24.7 Å². The van der Waals surface area contributed by atoms with Gasteiger partial charge in [-0.2, -0.15) is 4.98 Å². The minimum Gasteiger partial charge on any atom is -0.394 e. The Morgan fingerprint density at radius 1 is 1.18 bits per heavy atom. The van der Waals surface area contributed by atoms with E-state index in [0.717, 1.165) is 10.9 Å². The van der Waals surface area contributed by atoms with Crippen LogP contribution in [-0.4, -0.2) is 109 Å². The SMILES string of the molecule is C#C[C@]1(COP(O)(=S)O[C@@H]2[C@H](F)[C@@H](CO)O[C@H]2n2cnc3c(=O)[nH]c(N)nc32)O[C@@H](n2cnc3c(N)ncnc32)[C@H](O)[C@@H]1O. The van der Waals surface area contributed by atoms with Gasteiger partial charge in [-0.25, -0.2) is 24.3 Å². The molecule has 0 radical (unpaired) electrons. The lowest BCUT2D eigenvalue weighted by atomic mass is 9.97. The van der Waals surface area contributed by atoms with Crippen molar-refractivity contribution >= 4 is 52.6 Å². The zero-order valence-electron chi connectivity index (χ0n) is 22.1. The van der Waals surface area contributed by atoms with Gasteiger partial charge >= 0.3 is 6.72 Å². The lowest BCUT2D eigenvalue weighted by Gasteiger charge is -2.30. The summed E-state index contributed by atoms with van der Waals surface area (Å²) in [5.74, 6) is 2.02. The fourth-order valence-electron chi connectivity index (χ4n) is 5.01. The van der Waals surface area contributed by atoms with Crippen LogP contribution in [-0.2, 0) is 30.3 Å². The van der Waals surface area contributed by atoms with Crippen LogP contribution in [0.2, 0.25) is 0 Å². The molecule has 9 atom stereocenters. The molecule has 2 aliphatic heterocycles. The number of aromatic nitrogens is 8. The third-order valence-corrected chi connectivity index (χ3v) is 8.74. The number of imidazole rings is 2. The topological polar surface area (TPSA) is 277 Å². The summed E-state index contributed by atoms with van der Waals surface area (Å²) in [7, 11) is 0. The zero-order valence-corrected chi connectivity index (χ0v) is 23.8. The standard InChI is InChI=1S/C22H24FN10O9PS/c1-2-22(14(36)12(35)19(41-22)32-6-28-10-15(24)26-5-27-16(10)32)4-39-43(38,44)42-13-9(23)8(3-34)40-20(13)33-7-29-11-17(33)30-21(25)31-18(11)37/h1,5-9,12-14,19-20,34-36H,3-4H2,(H,38,44)(H2,24,26,27)(H3,25,30,31,37)/t8-,9-,12-,13-,14+,19-,20-,22-,43?/m1/s1. The summed E-state index contributed by atoms with van der Waals surface area (Å²) in [6.07, 6.45) is -2.24. The van der Waals surface area contributed by atoms with Crippen LogP contribution < -0.4 is 17.0 Å². The van der Waals surface area contributed by atoms with Crippen LogP contribution in [0.1, 0.15) is 12.5 Å². The number of nitrogens with one attached hydrogen (secondary N) is 1. The number of nitrogens with zero attached hydrogens (tertiary/aromatic N) is 7. The fourth-order valence-corrected chi connectivity index (χ4v) is 6.41. The first kappa shape index (κ1) is 30.4. The van der Waals surface area contributed by atoms with Crippen molar-refractivity contribution in [3.8, 4) is 12.3 Å². The number of aliphatic hydroxyl groups is 3. The molecule has 2 aliphatic rings. The van der Waals surface area contributed by atoms with E-state index in [2.05, 4.69) is 35.8 Å². The van der Waals surface area contributed by atoms with E-state index in [1.807, 2.05) is 0 Å². The van der Waals surface area contributed by atoms with Gasteiger partial charge in [0, 0.05) is 0 Å². The summed E-state index contributed by atoms with van der Waals surface area (Å²) in [6, 6.07) is 0. The molecule has 234 valence electrons. The second kappa shape index (κ2) is 11.0. The summed E-state index contributed by atoms with van der Waals surface area (Å²) < 4.78 is 40.2. The van der Waals surface area contributed by atoms with Crippen LogP contribution in [0, 0.1) is 12.3 Å². The van der Waals surface area contributed by atoms with Crippen molar-refractivity contribution in [3.63, 3.8) is 0 Å². The third kappa shape index (κ3) is 4.90. The number of fused-ring (bicyclic) bond motifs is 2. The van der Waals surface area contributed by atoms with Gasteiger partial charge in [-0.3, -0.25) is 23.4 Å². The van der Waals surface area contributed by atoms with E-state index in [1.165, 1.54) is 17.2 Å². The lowest BCUT2D eigenvalue weighted by Crippen LogP contribution is -2.45. The number of anilines is 2. The fraction of sp³-hybridized carbons (Fsp3) is 0.455. The van der Waals surface area contributed by atoms with Crippen LogP contribution >= 0.6 is 6.72 Å². The molecule has 4 aromatic rings. The van der Waals surface area contributed by atoms with E-state index < -0.39 is 74.1 Å². The quantitative estimate of drug-likeness (QED) is 0.0770. The predicted molar refractivity (Wildman–Crippen MR) is 149 cm³/mol. The van der Waals surface area contributed by atoms with E-state index in [9.17, 15) is 25.0 Å². The minimum atomic E-state index is -4.45. The first-order valence-corrected chi connectivity index (χ1v) is 15.2. The average molecular weight is 655 g/mol. The molecule has 0 saturated carbocycles. The molecule has 19 nitrogen and oxygen atoms in total. The maximum absolute atomic E-state index is 15.4. The Bertz CT molecular complexity index is 1880. The number of terminal acetylenes is 1. The van der Waals surface area contributed by atoms with Gasteiger partial charge in [0.15, 0.2) is 46.9 Å². The highest BCUT2D eigenvalue weighted by Gasteiger charge is 2.56. The zero-order chi connectivity index (χ0) is 31.6. The van der Waals surface area contributed by atoms with Crippen molar-refractivity contribution in [3.05, 3.63) is 29.3 Å². The Balaban J connectivity index is 1.24. The summed E-state index contributed by atoms with van der Waals surface area (Å²) in [6.45, 7) is -6.06. The van der Waals surface area contributed by atoms with Gasteiger partial charge in [-0.15, -0.1) is 6.42 Å². The molecular weight excluding hydrogens is 630 g/mol. The molecule has 0 amide bonds. The summed E-state index contributed by atoms with van der Waals surface area (Å²) in [4.78, 5) is 45.4. The molecule has 1 unspecified atom stereocenters. The molecule has 0 spiro atoms. The molecule has 22 heteroatoms. The minimum absolute atomic E-state index is 0.0602. The van der Waals surface area contributed by atoms with E-state index in [-0.39, 0.29) is 34.1 Å². The van der Waals surface area contributed by atoms with Crippen LogP contribution in [0.15, 0.2) is 23.8 Å². The predicted octanol–water partition coefficient (Wildman–Crippen LogP) is -2.41. The second-order valence-corrected chi connectivity index (χ2v) is 12.6. The molecule has 6 rings (SSSR count). The van der Waals surface area contributed by atoms with Crippen molar-refractivity contribution in [1.82, 2.24) is 39.0 Å². The van der Waals surface area contributed by atoms with Gasteiger partial charge in [0.2, 0.25) is 5.95 Å². The van der Waals surface area contributed by atoms with Crippen LogP contribution in [0.25, 0.3) is 22.3 Å². The van der Waals surface area contributed by atoms with Crippen LogP contribution in [0.5, 0.6) is 0 Å². The van der Waals surface area contributed by atoms with E-state index in [4.69, 9.17) is 48.2 Å². The van der Waals surface area contributed by atoms with E-state index >= 15 is 4.39 Å². The number of H-pyrrole nitrogens is 1. The molecule has 9 N–H and O–H groups in total. The number of rotatable bonds is 8. The molecule has 2 saturated heterocycles. The summed E-state index contributed by atoms with van der Waals surface area (Å²) in [5, 5.41) is 31.4. The maximum Gasteiger partial charge on any atom is 0.325 e. The van der Waals surface area contributed by atoms with Gasteiger partial charge in [-0.05, 0) is 11.8 Å². The highest BCUT2D eigenvalue weighted by atomic mass is 32.5. The Hall–Kier alpha value is -3.68. The summed E-state index contributed by atoms with van der Waals surface area (Å²) in [5.41, 5.74) is 8.81. The molecule has 4 aromatic heterocycles. The number of hydrogen-bond donors (Lipinski definition) is 7. The molecule has 0 aromatic carbocycles. The average Bonchev–Trinajstić information content (AvgIpc) is 3.73. The third-order valence-electron chi connectivity index (χ3n) is 7.20. The maximum atomic E-state index is 15.4. The van der Waals surface area contributed by atoms with Gasteiger partial charge < -0.3 is 45.7 Å². The van der Waals surface area contributed by atoms with Gasteiger partial charge in [0.05, 0.1) is 25.9 Å². The number of alkyl halides is 1. The Labute approximate surface area is 249 Å². The largest absolute Gasteiger partial charge is 0.394 e.